The first kappa shape index (κ1) is 16.9. The molecule has 0 aliphatic carbocycles. The number of aromatic nitrogens is 2. The minimum Gasteiger partial charge on any atom is -0.495 e. The van der Waals surface area contributed by atoms with Crippen LogP contribution in [0.2, 0.25) is 0 Å². The van der Waals surface area contributed by atoms with E-state index in [0.717, 1.165) is 23.4 Å². The number of hydrogen-bond acceptors (Lipinski definition) is 3. The van der Waals surface area contributed by atoms with E-state index in [2.05, 4.69) is 15.5 Å². The fourth-order valence-corrected chi connectivity index (χ4v) is 2.50. The molecule has 0 bridgehead atoms. The summed E-state index contributed by atoms with van der Waals surface area (Å²) in [6, 6.07) is 12.4. The van der Waals surface area contributed by atoms with Crippen molar-refractivity contribution >= 4 is 5.69 Å². The normalized spacial score (nSPS) is 11.4. The zero-order valence-electron chi connectivity index (χ0n) is 13.4. The molecule has 0 saturated carbocycles. The van der Waals surface area contributed by atoms with Crippen molar-refractivity contribution in [1.82, 2.24) is 10.2 Å². The van der Waals surface area contributed by atoms with Crippen molar-refractivity contribution < 1.29 is 17.9 Å². The van der Waals surface area contributed by atoms with Crippen LogP contribution in [0.15, 0.2) is 54.7 Å². The molecule has 0 fully saturated rings. The van der Waals surface area contributed by atoms with Gasteiger partial charge in [-0.25, -0.2) is 0 Å². The molecule has 25 heavy (non-hydrogen) atoms. The lowest BCUT2D eigenvalue weighted by Crippen LogP contribution is -2.04. The van der Waals surface area contributed by atoms with E-state index in [-0.39, 0.29) is 0 Å². The summed E-state index contributed by atoms with van der Waals surface area (Å²) in [5, 5.41) is 10.2. The van der Waals surface area contributed by atoms with Gasteiger partial charge in [0.05, 0.1) is 24.1 Å². The number of ether oxygens (including phenoxy) is 1. The number of rotatable bonds is 5. The number of nitrogens with zero attached hydrogens (tertiary/aromatic N) is 1. The van der Waals surface area contributed by atoms with Gasteiger partial charge in [0.2, 0.25) is 0 Å². The SMILES string of the molecule is COc1ccccc1NCc1c[nH]nc1-c1ccc(C(F)(F)F)cc1. The summed E-state index contributed by atoms with van der Waals surface area (Å²) in [6.45, 7) is 0.452. The Hall–Kier alpha value is -2.96. The van der Waals surface area contributed by atoms with Gasteiger partial charge in [-0.2, -0.15) is 18.3 Å². The first-order valence-corrected chi connectivity index (χ1v) is 7.56. The number of hydrogen-bond donors (Lipinski definition) is 2. The third kappa shape index (κ3) is 3.76. The van der Waals surface area contributed by atoms with Crippen LogP contribution in [-0.2, 0) is 12.7 Å². The van der Waals surface area contributed by atoms with Crippen LogP contribution in [0.25, 0.3) is 11.3 Å². The summed E-state index contributed by atoms with van der Waals surface area (Å²) in [7, 11) is 1.59. The second-order valence-electron chi connectivity index (χ2n) is 5.39. The van der Waals surface area contributed by atoms with Gasteiger partial charge in [0.1, 0.15) is 5.75 Å². The molecule has 0 atom stereocenters. The minimum absolute atomic E-state index is 0.452. The van der Waals surface area contributed by atoms with Crippen molar-refractivity contribution in [3.05, 3.63) is 65.9 Å². The Bertz CT molecular complexity index is 841. The molecular weight excluding hydrogens is 331 g/mol. The van der Waals surface area contributed by atoms with Crippen LogP contribution in [0.4, 0.5) is 18.9 Å². The summed E-state index contributed by atoms with van der Waals surface area (Å²) in [6.07, 6.45) is -2.63. The van der Waals surface area contributed by atoms with Crippen molar-refractivity contribution in [2.75, 3.05) is 12.4 Å². The maximum absolute atomic E-state index is 12.7. The smallest absolute Gasteiger partial charge is 0.416 e. The second-order valence-corrected chi connectivity index (χ2v) is 5.39. The molecule has 0 aliphatic rings. The molecule has 4 nitrogen and oxygen atoms in total. The average molecular weight is 347 g/mol. The highest BCUT2D eigenvalue weighted by Gasteiger charge is 2.30. The van der Waals surface area contributed by atoms with Crippen LogP contribution in [-0.4, -0.2) is 17.3 Å². The molecule has 0 unspecified atom stereocenters. The second kappa shape index (κ2) is 6.88. The van der Waals surface area contributed by atoms with Crippen molar-refractivity contribution in [1.29, 1.82) is 0 Å². The Kier molecular flexibility index (Phi) is 4.65. The summed E-state index contributed by atoms with van der Waals surface area (Å²) in [5.41, 5.74) is 2.21. The molecule has 130 valence electrons. The highest BCUT2D eigenvalue weighted by Crippen LogP contribution is 2.31. The molecule has 2 N–H and O–H groups in total. The Morgan fingerprint density at radius 2 is 1.80 bits per heavy atom. The van der Waals surface area contributed by atoms with Gasteiger partial charge < -0.3 is 10.1 Å². The molecule has 3 rings (SSSR count). The van der Waals surface area contributed by atoms with Crippen LogP contribution < -0.4 is 10.1 Å². The maximum atomic E-state index is 12.7. The number of benzene rings is 2. The van der Waals surface area contributed by atoms with Gasteiger partial charge >= 0.3 is 6.18 Å². The molecule has 0 radical (unpaired) electrons. The Morgan fingerprint density at radius 3 is 2.48 bits per heavy atom. The molecular formula is C18H16F3N3O. The van der Waals surface area contributed by atoms with E-state index in [1.165, 1.54) is 12.1 Å². The van der Waals surface area contributed by atoms with Gasteiger partial charge in [0.25, 0.3) is 0 Å². The van der Waals surface area contributed by atoms with Crippen molar-refractivity contribution in [2.24, 2.45) is 0 Å². The van der Waals surface area contributed by atoms with E-state index >= 15 is 0 Å². The quantitative estimate of drug-likeness (QED) is 0.702. The minimum atomic E-state index is -4.35. The maximum Gasteiger partial charge on any atom is 0.416 e. The standard InChI is InChI=1S/C18H16F3N3O/c1-25-16-5-3-2-4-15(16)22-10-13-11-23-24-17(13)12-6-8-14(9-7-12)18(19,20)21/h2-9,11,22H,10H2,1H3,(H,23,24). The van der Waals surface area contributed by atoms with E-state index in [1.807, 2.05) is 24.3 Å². The van der Waals surface area contributed by atoms with Crippen molar-refractivity contribution in [2.45, 2.75) is 12.7 Å². The highest BCUT2D eigenvalue weighted by molar-refractivity contribution is 5.64. The van der Waals surface area contributed by atoms with Gasteiger partial charge in [-0.3, -0.25) is 5.10 Å². The number of methoxy groups -OCH3 is 1. The fraction of sp³-hybridized carbons (Fsp3) is 0.167. The molecule has 2 aromatic carbocycles. The van der Waals surface area contributed by atoms with Gasteiger partial charge in [0, 0.05) is 23.9 Å². The largest absolute Gasteiger partial charge is 0.495 e. The zero-order chi connectivity index (χ0) is 17.9. The molecule has 1 aromatic heterocycles. The third-order valence-corrected chi connectivity index (χ3v) is 3.78. The number of H-pyrrole nitrogens is 1. The van der Waals surface area contributed by atoms with E-state index in [4.69, 9.17) is 4.74 Å². The highest BCUT2D eigenvalue weighted by atomic mass is 19.4. The number of anilines is 1. The Morgan fingerprint density at radius 1 is 1.08 bits per heavy atom. The number of nitrogens with one attached hydrogen (secondary N) is 2. The lowest BCUT2D eigenvalue weighted by atomic mass is 10.1. The van der Waals surface area contributed by atoms with Crippen LogP contribution in [0, 0.1) is 0 Å². The first-order valence-electron chi connectivity index (χ1n) is 7.56. The van der Waals surface area contributed by atoms with Crippen LogP contribution in [0.1, 0.15) is 11.1 Å². The molecule has 1 heterocycles. The summed E-state index contributed by atoms with van der Waals surface area (Å²) >= 11 is 0. The third-order valence-electron chi connectivity index (χ3n) is 3.78. The zero-order valence-corrected chi connectivity index (χ0v) is 13.4. The Balaban J connectivity index is 1.79. The van der Waals surface area contributed by atoms with Crippen molar-refractivity contribution in [3.8, 4) is 17.0 Å². The van der Waals surface area contributed by atoms with E-state index in [0.29, 0.717) is 23.6 Å². The summed E-state index contributed by atoms with van der Waals surface area (Å²) in [4.78, 5) is 0. The van der Waals surface area contributed by atoms with Crippen LogP contribution in [0.3, 0.4) is 0 Å². The van der Waals surface area contributed by atoms with Gasteiger partial charge in [0.15, 0.2) is 0 Å². The van der Waals surface area contributed by atoms with Gasteiger partial charge in [-0.05, 0) is 24.3 Å². The number of para-hydroxylation sites is 2. The van der Waals surface area contributed by atoms with Crippen LogP contribution in [0.5, 0.6) is 5.75 Å². The molecule has 7 heteroatoms. The van der Waals surface area contributed by atoms with E-state index < -0.39 is 11.7 Å². The predicted molar refractivity (Wildman–Crippen MR) is 89.3 cm³/mol. The molecule has 0 aliphatic heterocycles. The summed E-state index contributed by atoms with van der Waals surface area (Å²) < 4.78 is 43.3. The number of aromatic amines is 1. The van der Waals surface area contributed by atoms with Crippen LogP contribution >= 0.6 is 0 Å². The summed E-state index contributed by atoms with van der Waals surface area (Å²) in [5.74, 6) is 0.710. The molecule has 0 saturated heterocycles. The van der Waals surface area contributed by atoms with E-state index in [1.54, 1.807) is 13.3 Å². The molecule has 0 spiro atoms. The molecule has 3 aromatic rings. The Labute approximate surface area is 142 Å². The fourth-order valence-electron chi connectivity index (χ4n) is 2.50. The van der Waals surface area contributed by atoms with Crippen molar-refractivity contribution in [3.63, 3.8) is 0 Å². The number of alkyl halides is 3. The average Bonchev–Trinajstić information content (AvgIpc) is 3.08. The number of halogens is 3. The topological polar surface area (TPSA) is 49.9 Å². The first-order chi connectivity index (χ1) is 12.0. The van der Waals surface area contributed by atoms with Gasteiger partial charge in [-0.1, -0.05) is 24.3 Å². The molecule has 0 amide bonds. The van der Waals surface area contributed by atoms with Gasteiger partial charge in [-0.15, -0.1) is 0 Å². The lowest BCUT2D eigenvalue weighted by Gasteiger charge is -2.11. The monoisotopic (exact) mass is 347 g/mol. The predicted octanol–water partition coefficient (Wildman–Crippen LogP) is 4.72. The van der Waals surface area contributed by atoms with E-state index in [9.17, 15) is 13.2 Å². The lowest BCUT2D eigenvalue weighted by molar-refractivity contribution is -0.137.